The molecule has 11 heteroatoms. The van der Waals surface area contributed by atoms with Crippen molar-refractivity contribution in [1.29, 1.82) is 0 Å². The van der Waals surface area contributed by atoms with E-state index in [2.05, 4.69) is 5.32 Å². The molecule has 0 unspecified atom stereocenters. The van der Waals surface area contributed by atoms with Crippen molar-refractivity contribution in [3.63, 3.8) is 0 Å². The zero-order chi connectivity index (χ0) is 29.1. The number of aldehydes is 1. The minimum Gasteiger partial charge on any atom is -0.493 e. The summed E-state index contributed by atoms with van der Waals surface area (Å²) in [7, 11) is 1.43. The van der Waals surface area contributed by atoms with Gasteiger partial charge in [-0.1, -0.05) is 43.1 Å². The number of ether oxygens (including phenoxy) is 2. The van der Waals surface area contributed by atoms with Gasteiger partial charge in [0.1, 0.15) is 18.5 Å². The number of nitrogens with zero attached hydrogens (tertiary/aromatic N) is 1. The minimum atomic E-state index is -1.24. The van der Waals surface area contributed by atoms with Gasteiger partial charge in [-0.2, -0.15) is 0 Å². The number of carbonyl (C=O) groups is 3. The van der Waals surface area contributed by atoms with Crippen molar-refractivity contribution in [2.75, 3.05) is 20.3 Å². The van der Waals surface area contributed by atoms with Gasteiger partial charge < -0.3 is 29.9 Å². The number of benzene rings is 2. The molecule has 9 nitrogen and oxygen atoms in total. The van der Waals surface area contributed by atoms with E-state index in [0.29, 0.717) is 38.8 Å². The van der Waals surface area contributed by atoms with E-state index < -0.39 is 30.1 Å². The summed E-state index contributed by atoms with van der Waals surface area (Å²) in [6.07, 6.45) is 0.244. The van der Waals surface area contributed by atoms with Crippen LogP contribution in [0.15, 0.2) is 42.0 Å². The number of nitrogens with one attached hydrogen (secondary N) is 1. The van der Waals surface area contributed by atoms with Crippen LogP contribution in [0, 0.1) is 5.92 Å². The van der Waals surface area contributed by atoms with Gasteiger partial charge in [-0.3, -0.25) is 14.4 Å². The summed E-state index contributed by atoms with van der Waals surface area (Å²) in [5.41, 5.74) is 1.77. The topological polar surface area (TPSA) is 125 Å². The summed E-state index contributed by atoms with van der Waals surface area (Å²) in [4.78, 5) is 40.2. The first-order valence-electron chi connectivity index (χ1n) is 13.0. The fourth-order valence-electron chi connectivity index (χ4n) is 5.22. The fraction of sp³-hybridized carbons (Fsp3) is 0.414. The zero-order valence-electron chi connectivity index (χ0n) is 22.4. The van der Waals surface area contributed by atoms with Gasteiger partial charge in [0, 0.05) is 36.2 Å². The first-order valence-corrected chi connectivity index (χ1v) is 13.7. The van der Waals surface area contributed by atoms with Crippen LogP contribution in [0.3, 0.4) is 0 Å². The number of hydrogen-bond acceptors (Lipinski definition) is 7. The van der Waals surface area contributed by atoms with Crippen molar-refractivity contribution in [2.24, 2.45) is 5.92 Å². The molecule has 2 aromatic carbocycles. The van der Waals surface area contributed by atoms with Gasteiger partial charge >= 0.3 is 0 Å². The molecule has 214 valence electrons. The number of hydrogen-bond donors (Lipinski definition) is 3. The second-order valence-electron chi connectivity index (χ2n) is 10.3. The first kappa shape index (κ1) is 29.9. The van der Waals surface area contributed by atoms with Crippen LogP contribution in [-0.4, -0.2) is 71.7 Å². The van der Waals surface area contributed by atoms with Crippen molar-refractivity contribution in [3.05, 3.63) is 68.7 Å². The highest BCUT2D eigenvalue weighted by molar-refractivity contribution is 6.42. The van der Waals surface area contributed by atoms with Crippen molar-refractivity contribution >= 4 is 41.3 Å². The second-order valence-corrected chi connectivity index (χ2v) is 11.1. The van der Waals surface area contributed by atoms with Crippen molar-refractivity contribution in [1.82, 2.24) is 10.2 Å². The Kier molecular flexibility index (Phi) is 9.41. The van der Waals surface area contributed by atoms with Crippen LogP contribution in [-0.2, 0) is 16.1 Å². The number of halogens is 2. The molecule has 1 aliphatic carbocycles. The highest BCUT2D eigenvalue weighted by atomic mass is 35.5. The molecule has 2 amide bonds. The smallest absolute Gasteiger partial charge is 0.247 e. The Morgan fingerprint density at radius 1 is 1.20 bits per heavy atom. The third-order valence-corrected chi connectivity index (χ3v) is 7.75. The van der Waals surface area contributed by atoms with E-state index in [1.165, 1.54) is 18.1 Å². The largest absolute Gasteiger partial charge is 0.493 e. The number of amides is 2. The molecule has 0 saturated carbocycles. The van der Waals surface area contributed by atoms with Crippen LogP contribution in [0.1, 0.15) is 47.7 Å². The molecule has 3 N–H and O–H groups in total. The maximum Gasteiger partial charge on any atom is 0.247 e. The molecule has 0 spiro atoms. The molecular formula is C29H32Cl2N2O7. The maximum absolute atomic E-state index is 13.6. The predicted octanol–water partition coefficient (Wildman–Crippen LogP) is 3.51. The highest BCUT2D eigenvalue weighted by Crippen LogP contribution is 2.51. The van der Waals surface area contributed by atoms with Crippen molar-refractivity contribution in [3.8, 4) is 11.5 Å². The summed E-state index contributed by atoms with van der Waals surface area (Å²) in [6.45, 7) is 3.66. The minimum absolute atomic E-state index is 0.00542. The Hall–Kier alpha value is -3.11. The summed E-state index contributed by atoms with van der Waals surface area (Å²) in [5, 5.41) is 24.4. The summed E-state index contributed by atoms with van der Waals surface area (Å²) in [5.74, 6) is -0.832. The van der Waals surface area contributed by atoms with E-state index in [1.54, 1.807) is 30.3 Å². The molecule has 4 atom stereocenters. The Balaban J connectivity index is 1.83. The van der Waals surface area contributed by atoms with Crippen molar-refractivity contribution in [2.45, 2.75) is 51.0 Å². The number of aliphatic hydroxyl groups excluding tert-OH is 2. The molecule has 40 heavy (non-hydrogen) atoms. The van der Waals surface area contributed by atoms with Gasteiger partial charge in [-0.25, -0.2) is 0 Å². The van der Waals surface area contributed by atoms with Crippen LogP contribution in [0.25, 0.3) is 0 Å². The molecule has 1 heterocycles. The molecule has 0 radical (unpaired) electrons. The monoisotopic (exact) mass is 590 g/mol. The third kappa shape index (κ3) is 5.98. The Bertz CT molecular complexity index is 1330. The maximum atomic E-state index is 13.6. The van der Waals surface area contributed by atoms with Crippen LogP contribution in [0.4, 0.5) is 0 Å². The Labute approximate surface area is 242 Å². The molecule has 0 fully saturated rings. The second kappa shape index (κ2) is 12.6. The van der Waals surface area contributed by atoms with E-state index in [0.717, 1.165) is 0 Å². The van der Waals surface area contributed by atoms with E-state index in [1.807, 2.05) is 13.8 Å². The SMILES string of the molecule is COc1cc(C=O)cc2c1O[C@@H]1[C@@H](O)[C@H](N(Cc3ccc(Cl)c(Cl)c3)C(=O)CC(C)C)C=C(C(=O)NCCO)[C@H]21. The normalized spacial score (nSPS) is 21.1. The third-order valence-electron chi connectivity index (χ3n) is 7.01. The quantitative estimate of drug-likeness (QED) is 0.361. The fourth-order valence-corrected chi connectivity index (χ4v) is 5.54. The van der Waals surface area contributed by atoms with E-state index >= 15 is 0 Å². The van der Waals surface area contributed by atoms with Crippen LogP contribution < -0.4 is 14.8 Å². The van der Waals surface area contributed by atoms with Crippen molar-refractivity contribution < 1.29 is 34.1 Å². The summed E-state index contributed by atoms with van der Waals surface area (Å²) >= 11 is 12.3. The van der Waals surface area contributed by atoms with Gasteiger partial charge in [-0.05, 0) is 41.8 Å². The summed E-state index contributed by atoms with van der Waals surface area (Å²) < 4.78 is 11.7. The molecule has 0 bridgehead atoms. The van der Waals surface area contributed by atoms with Crippen LogP contribution in [0.5, 0.6) is 11.5 Å². The average molecular weight is 591 g/mol. The molecule has 0 saturated heterocycles. The molecule has 4 rings (SSSR count). The molecule has 2 aliphatic rings. The Morgan fingerprint density at radius 3 is 2.58 bits per heavy atom. The predicted molar refractivity (Wildman–Crippen MR) is 150 cm³/mol. The van der Waals surface area contributed by atoms with Gasteiger partial charge in [0.15, 0.2) is 11.5 Å². The standard InChI is InChI=1S/C29H32Cl2N2O7/c1-15(2)8-24(36)33(13-16-4-5-20(30)21(31)10-16)22-12-19(29(38)32-6-7-34)25-18-9-17(14-35)11-23(39-3)27(18)40-28(25)26(22)37/h4-5,9-12,14-15,22,25-26,28,34,37H,6-8,13H2,1-3H3,(H,32,38)/t22-,25+,26+,28+/m1/s1. The van der Waals surface area contributed by atoms with E-state index in [-0.39, 0.29) is 49.3 Å². The van der Waals surface area contributed by atoms with Crippen LogP contribution in [0.2, 0.25) is 10.0 Å². The van der Waals surface area contributed by atoms with Gasteiger partial charge in [0.2, 0.25) is 11.8 Å². The summed E-state index contributed by atoms with van der Waals surface area (Å²) in [6, 6.07) is 7.22. The molecule has 2 aromatic rings. The lowest BCUT2D eigenvalue weighted by Crippen LogP contribution is -2.55. The van der Waals surface area contributed by atoms with E-state index in [4.69, 9.17) is 32.7 Å². The number of fused-ring (bicyclic) bond motifs is 3. The number of rotatable bonds is 10. The van der Waals surface area contributed by atoms with Gasteiger partial charge in [0.25, 0.3) is 0 Å². The number of carbonyl (C=O) groups excluding carboxylic acids is 3. The molecular weight excluding hydrogens is 559 g/mol. The lowest BCUT2D eigenvalue weighted by Gasteiger charge is -2.41. The lowest BCUT2D eigenvalue weighted by atomic mass is 9.77. The molecule has 0 aromatic heterocycles. The number of methoxy groups -OCH3 is 1. The Morgan fingerprint density at radius 2 is 1.95 bits per heavy atom. The van der Waals surface area contributed by atoms with Gasteiger partial charge in [0.05, 0.1) is 35.7 Å². The lowest BCUT2D eigenvalue weighted by molar-refractivity contribution is -0.138. The average Bonchev–Trinajstić information content (AvgIpc) is 3.32. The van der Waals surface area contributed by atoms with Crippen LogP contribution >= 0.6 is 23.2 Å². The molecule has 1 aliphatic heterocycles. The first-order chi connectivity index (χ1) is 19.1. The zero-order valence-corrected chi connectivity index (χ0v) is 23.9. The van der Waals surface area contributed by atoms with Gasteiger partial charge in [-0.15, -0.1) is 0 Å². The number of aliphatic hydroxyl groups is 2. The van der Waals surface area contributed by atoms with E-state index in [9.17, 15) is 24.6 Å². The highest BCUT2D eigenvalue weighted by Gasteiger charge is 2.51.